The topological polar surface area (TPSA) is 93.2 Å². The number of nitro groups is 1. The lowest BCUT2D eigenvalue weighted by Gasteiger charge is -2.25. The average Bonchev–Trinajstić information content (AvgIpc) is 2.73. The molecule has 0 spiro atoms. The molecule has 0 unspecified atom stereocenters. The molecule has 7 heteroatoms. The molecule has 0 saturated heterocycles. The van der Waals surface area contributed by atoms with Gasteiger partial charge in [-0.15, -0.1) is 0 Å². The van der Waals surface area contributed by atoms with Crippen molar-refractivity contribution in [1.29, 1.82) is 0 Å². The highest BCUT2D eigenvalue weighted by Gasteiger charge is 2.30. The third-order valence-corrected chi connectivity index (χ3v) is 3.68. The van der Waals surface area contributed by atoms with Gasteiger partial charge in [0.1, 0.15) is 5.69 Å². The van der Waals surface area contributed by atoms with E-state index in [1.807, 2.05) is 27.7 Å². The van der Waals surface area contributed by atoms with Crippen molar-refractivity contribution in [3.8, 4) is 0 Å². The average molecular weight is 284 g/mol. The lowest BCUT2D eigenvalue weighted by atomic mass is 9.97. The van der Waals surface area contributed by atoms with Crippen LogP contribution in [0.5, 0.6) is 0 Å². The van der Waals surface area contributed by atoms with Gasteiger partial charge in [-0.3, -0.25) is 10.1 Å². The first kappa shape index (κ1) is 16.4. The van der Waals surface area contributed by atoms with Crippen molar-refractivity contribution >= 4 is 11.5 Å². The second-order valence-corrected chi connectivity index (χ2v) is 5.40. The first-order valence-electron chi connectivity index (χ1n) is 6.93. The molecule has 114 valence electrons. The SMILES string of the molecule is CCC(O)(CC)CNc1c([N+](=O)[O-])c(C(C)C)nn1C. The molecule has 1 heterocycles. The molecule has 2 N–H and O–H groups in total. The Kier molecular flexibility index (Phi) is 5.10. The third-order valence-electron chi connectivity index (χ3n) is 3.68. The summed E-state index contributed by atoms with van der Waals surface area (Å²) in [5, 5.41) is 28.7. The smallest absolute Gasteiger partial charge is 0.334 e. The van der Waals surface area contributed by atoms with Crippen molar-refractivity contribution in [3.05, 3.63) is 15.8 Å². The predicted molar refractivity (Wildman–Crippen MR) is 78.0 cm³/mol. The van der Waals surface area contributed by atoms with Gasteiger partial charge >= 0.3 is 5.69 Å². The van der Waals surface area contributed by atoms with Crippen LogP contribution >= 0.6 is 0 Å². The zero-order chi connectivity index (χ0) is 15.5. The highest BCUT2D eigenvalue weighted by molar-refractivity contribution is 5.60. The van der Waals surface area contributed by atoms with Crippen molar-refractivity contribution in [2.75, 3.05) is 11.9 Å². The van der Waals surface area contributed by atoms with Gasteiger partial charge in [0, 0.05) is 19.5 Å². The van der Waals surface area contributed by atoms with Gasteiger partial charge in [-0.05, 0) is 12.8 Å². The lowest BCUT2D eigenvalue weighted by Crippen LogP contribution is -2.35. The van der Waals surface area contributed by atoms with Gasteiger partial charge in [0.15, 0.2) is 0 Å². The second kappa shape index (κ2) is 6.21. The second-order valence-electron chi connectivity index (χ2n) is 5.40. The van der Waals surface area contributed by atoms with E-state index in [0.29, 0.717) is 24.4 Å². The van der Waals surface area contributed by atoms with Crippen molar-refractivity contribution < 1.29 is 10.0 Å². The van der Waals surface area contributed by atoms with E-state index in [-0.39, 0.29) is 18.2 Å². The van der Waals surface area contributed by atoms with Gasteiger partial charge < -0.3 is 10.4 Å². The largest absolute Gasteiger partial charge is 0.388 e. The molecule has 0 aromatic carbocycles. The van der Waals surface area contributed by atoms with Crippen LogP contribution in [-0.2, 0) is 7.05 Å². The Morgan fingerprint density at radius 3 is 2.40 bits per heavy atom. The molecule has 0 atom stereocenters. The number of nitrogens with zero attached hydrogens (tertiary/aromatic N) is 3. The highest BCUT2D eigenvalue weighted by Crippen LogP contribution is 2.33. The zero-order valence-corrected chi connectivity index (χ0v) is 12.8. The van der Waals surface area contributed by atoms with Gasteiger partial charge in [0.25, 0.3) is 0 Å². The Balaban J connectivity index is 3.09. The number of aromatic nitrogens is 2. The number of hydrogen-bond donors (Lipinski definition) is 2. The molecule has 0 saturated carbocycles. The number of aryl methyl sites for hydroxylation is 1. The molecule has 0 aliphatic carbocycles. The fourth-order valence-corrected chi connectivity index (χ4v) is 2.05. The van der Waals surface area contributed by atoms with Crippen LogP contribution in [-0.4, -0.2) is 32.0 Å². The standard InChI is InChI=1S/C13H24N4O3/c1-6-13(18,7-2)8-14-12-11(17(19)20)10(9(3)4)15-16(12)5/h9,14,18H,6-8H2,1-5H3. The summed E-state index contributed by atoms with van der Waals surface area (Å²) in [6, 6.07) is 0. The van der Waals surface area contributed by atoms with Crippen LogP contribution in [0, 0.1) is 10.1 Å². The zero-order valence-electron chi connectivity index (χ0n) is 12.8. The quantitative estimate of drug-likeness (QED) is 0.592. The molecule has 0 radical (unpaired) electrons. The molecule has 1 rings (SSSR count). The Bertz CT molecular complexity index is 478. The summed E-state index contributed by atoms with van der Waals surface area (Å²) in [7, 11) is 1.66. The van der Waals surface area contributed by atoms with Crippen molar-refractivity contribution in [2.45, 2.75) is 52.1 Å². The molecule has 1 aromatic heterocycles. The molecule has 7 nitrogen and oxygen atoms in total. The van der Waals surface area contributed by atoms with E-state index in [2.05, 4.69) is 10.4 Å². The summed E-state index contributed by atoms with van der Waals surface area (Å²) < 4.78 is 1.47. The van der Waals surface area contributed by atoms with Crippen LogP contribution in [0.2, 0.25) is 0 Å². The summed E-state index contributed by atoms with van der Waals surface area (Å²) in [6.45, 7) is 7.78. The minimum atomic E-state index is -0.865. The van der Waals surface area contributed by atoms with Crippen molar-refractivity contribution in [1.82, 2.24) is 9.78 Å². The van der Waals surface area contributed by atoms with Gasteiger partial charge in [0.05, 0.1) is 10.5 Å². The molecular weight excluding hydrogens is 260 g/mol. The van der Waals surface area contributed by atoms with E-state index in [1.54, 1.807) is 7.05 Å². The minimum absolute atomic E-state index is 0.00273. The monoisotopic (exact) mass is 284 g/mol. The van der Waals surface area contributed by atoms with Crippen molar-refractivity contribution in [2.24, 2.45) is 7.05 Å². The Labute approximate surface area is 119 Å². The van der Waals surface area contributed by atoms with E-state index in [9.17, 15) is 15.2 Å². The van der Waals surface area contributed by atoms with Crippen LogP contribution in [0.15, 0.2) is 0 Å². The molecule has 0 fully saturated rings. The van der Waals surface area contributed by atoms with Gasteiger partial charge in [-0.2, -0.15) is 5.10 Å². The fourth-order valence-electron chi connectivity index (χ4n) is 2.05. The molecule has 0 aliphatic rings. The normalized spacial score (nSPS) is 11.9. The maximum Gasteiger partial charge on any atom is 0.334 e. The summed E-state index contributed by atoms with van der Waals surface area (Å²) >= 11 is 0. The molecule has 20 heavy (non-hydrogen) atoms. The summed E-state index contributed by atoms with van der Waals surface area (Å²) in [5.74, 6) is 0.312. The number of aliphatic hydroxyl groups is 1. The third kappa shape index (κ3) is 3.27. The van der Waals surface area contributed by atoms with E-state index >= 15 is 0 Å². The Morgan fingerprint density at radius 2 is 2.00 bits per heavy atom. The summed E-state index contributed by atoms with van der Waals surface area (Å²) in [4.78, 5) is 10.9. The minimum Gasteiger partial charge on any atom is -0.388 e. The summed E-state index contributed by atoms with van der Waals surface area (Å²) in [6.07, 6.45) is 1.17. The highest BCUT2D eigenvalue weighted by atomic mass is 16.6. The first-order chi connectivity index (χ1) is 9.25. The molecule has 0 aliphatic heterocycles. The number of hydrogen-bond acceptors (Lipinski definition) is 5. The Morgan fingerprint density at radius 1 is 1.45 bits per heavy atom. The maximum absolute atomic E-state index is 11.3. The van der Waals surface area contributed by atoms with E-state index in [4.69, 9.17) is 0 Å². The van der Waals surface area contributed by atoms with Crippen LogP contribution in [0.3, 0.4) is 0 Å². The van der Waals surface area contributed by atoms with E-state index in [0.717, 1.165) is 0 Å². The lowest BCUT2D eigenvalue weighted by molar-refractivity contribution is -0.384. The van der Waals surface area contributed by atoms with Crippen LogP contribution in [0.1, 0.15) is 52.1 Å². The molecular formula is C13H24N4O3. The number of nitrogens with one attached hydrogen (secondary N) is 1. The fraction of sp³-hybridized carbons (Fsp3) is 0.769. The maximum atomic E-state index is 11.3. The van der Waals surface area contributed by atoms with Gasteiger partial charge in [0.2, 0.25) is 5.82 Å². The summed E-state index contributed by atoms with van der Waals surface area (Å²) in [5.41, 5.74) is -0.413. The van der Waals surface area contributed by atoms with E-state index < -0.39 is 10.5 Å². The van der Waals surface area contributed by atoms with Crippen molar-refractivity contribution in [3.63, 3.8) is 0 Å². The molecule has 1 aromatic rings. The molecule has 0 amide bonds. The van der Waals surface area contributed by atoms with E-state index in [1.165, 1.54) is 4.68 Å². The van der Waals surface area contributed by atoms with Gasteiger partial charge in [-0.25, -0.2) is 4.68 Å². The van der Waals surface area contributed by atoms with Gasteiger partial charge in [-0.1, -0.05) is 27.7 Å². The number of rotatable bonds is 7. The predicted octanol–water partition coefficient (Wildman–Crippen LogP) is 2.41. The van der Waals surface area contributed by atoms with Crippen LogP contribution < -0.4 is 5.32 Å². The van der Waals surface area contributed by atoms with Crippen LogP contribution in [0.25, 0.3) is 0 Å². The Hall–Kier alpha value is -1.63. The number of anilines is 1. The first-order valence-corrected chi connectivity index (χ1v) is 6.93. The molecule has 0 bridgehead atoms. The van der Waals surface area contributed by atoms with Crippen LogP contribution in [0.4, 0.5) is 11.5 Å².